The number of nitrogens with zero attached hydrogens (tertiary/aromatic N) is 2. The average molecular weight is 208 g/mol. The molecule has 1 aliphatic heterocycles. The van der Waals surface area contributed by atoms with Crippen molar-refractivity contribution >= 4 is 5.82 Å². The molecule has 1 aromatic heterocycles. The molecule has 0 bridgehead atoms. The number of likely N-dealkylation sites (N-methyl/N-ethyl adjacent to an activating group) is 1. The lowest BCUT2D eigenvalue weighted by Crippen LogP contribution is -2.56. The highest BCUT2D eigenvalue weighted by Gasteiger charge is 2.22. The quantitative estimate of drug-likeness (QED) is 0.718. The fraction of sp³-hybridized carbons (Fsp3) is 0.600. The smallest absolute Gasteiger partial charge is 0.252 e. The Morgan fingerprint density at radius 3 is 2.87 bits per heavy atom. The molecule has 82 valence electrons. The fourth-order valence-electron chi connectivity index (χ4n) is 1.58. The van der Waals surface area contributed by atoms with Crippen LogP contribution in [0.15, 0.2) is 10.9 Å². The lowest BCUT2D eigenvalue weighted by Gasteiger charge is -2.36. The van der Waals surface area contributed by atoms with Crippen LogP contribution in [0.1, 0.15) is 12.7 Å². The van der Waals surface area contributed by atoms with Crippen LogP contribution < -0.4 is 15.8 Å². The van der Waals surface area contributed by atoms with Crippen molar-refractivity contribution in [2.24, 2.45) is 0 Å². The standard InChI is InChI=1S/C10H16N4O/c1-3-8-12-9(4-10(15)13-8)14(2)7-5-11-6-7/h4,7,11H,3,5-6H2,1-2H3,(H,12,13,15). The highest BCUT2D eigenvalue weighted by molar-refractivity contribution is 5.38. The number of hydrogen-bond donors (Lipinski definition) is 2. The monoisotopic (exact) mass is 208 g/mol. The Labute approximate surface area is 88.5 Å². The molecule has 2 N–H and O–H groups in total. The fourth-order valence-corrected chi connectivity index (χ4v) is 1.58. The molecule has 0 aliphatic carbocycles. The lowest BCUT2D eigenvalue weighted by atomic mass is 10.1. The highest BCUT2D eigenvalue weighted by Crippen LogP contribution is 2.12. The molecule has 2 heterocycles. The van der Waals surface area contributed by atoms with Crippen LogP contribution in [0.2, 0.25) is 0 Å². The van der Waals surface area contributed by atoms with Gasteiger partial charge in [-0.2, -0.15) is 0 Å². The average Bonchev–Trinajstić information content (AvgIpc) is 2.14. The Bertz CT molecular complexity index is 397. The molecule has 0 amide bonds. The normalized spacial score (nSPS) is 16.1. The van der Waals surface area contributed by atoms with Crippen molar-refractivity contribution in [1.82, 2.24) is 15.3 Å². The molecule has 1 aliphatic rings. The molecule has 1 aromatic rings. The number of rotatable bonds is 3. The van der Waals surface area contributed by atoms with Crippen molar-refractivity contribution in [3.8, 4) is 0 Å². The second-order valence-corrected chi connectivity index (χ2v) is 3.83. The molecule has 0 aromatic carbocycles. The van der Waals surface area contributed by atoms with Gasteiger partial charge in [0.25, 0.3) is 5.56 Å². The predicted octanol–water partition coefficient (Wildman–Crippen LogP) is -0.260. The van der Waals surface area contributed by atoms with E-state index in [4.69, 9.17) is 0 Å². The van der Waals surface area contributed by atoms with Crippen LogP contribution in [0.4, 0.5) is 5.82 Å². The van der Waals surface area contributed by atoms with E-state index in [-0.39, 0.29) is 5.56 Å². The molecule has 0 saturated carbocycles. The lowest BCUT2D eigenvalue weighted by molar-refractivity contribution is 0.426. The first-order valence-electron chi connectivity index (χ1n) is 5.24. The summed E-state index contributed by atoms with van der Waals surface area (Å²) in [5.41, 5.74) is -0.0732. The van der Waals surface area contributed by atoms with Crippen LogP contribution in [-0.4, -0.2) is 36.1 Å². The van der Waals surface area contributed by atoms with E-state index in [0.717, 1.165) is 31.2 Å². The molecule has 0 spiro atoms. The summed E-state index contributed by atoms with van der Waals surface area (Å²) in [5.74, 6) is 1.51. The SMILES string of the molecule is CCc1nc(N(C)C2CNC2)cc(=O)[nH]1. The summed E-state index contributed by atoms with van der Waals surface area (Å²) < 4.78 is 0. The minimum absolute atomic E-state index is 0.0732. The minimum Gasteiger partial charge on any atom is -0.354 e. The Morgan fingerprint density at radius 2 is 2.33 bits per heavy atom. The molecule has 0 radical (unpaired) electrons. The Morgan fingerprint density at radius 1 is 1.60 bits per heavy atom. The first-order chi connectivity index (χ1) is 7.20. The molecule has 1 fully saturated rings. The number of H-pyrrole nitrogens is 1. The van der Waals surface area contributed by atoms with Gasteiger partial charge in [0.05, 0.1) is 6.04 Å². The number of aryl methyl sites for hydroxylation is 1. The zero-order valence-corrected chi connectivity index (χ0v) is 9.08. The topological polar surface area (TPSA) is 61.0 Å². The molecule has 15 heavy (non-hydrogen) atoms. The minimum atomic E-state index is -0.0732. The van der Waals surface area contributed by atoms with Crippen molar-refractivity contribution in [1.29, 1.82) is 0 Å². The number of anilines is 1. The molecule has 0 atom stereocenters. The van der Waals surface area contributed by atoms with E-state index in [1.165, 1.54) is 0 Å². The third-order valence-corrected chi connectivity index (χ3v) is 2.78. The summed E-state index contributed by atoms with van der Waals surface area (Å²) in [5, 5.41) is 3.20. The van der Waals surface area contributed by atoms with Gasteiger partial charge in [-0.15, -0.1) is 0 Å². The zero-order chi connectivity index (χ0) is 10.8. The van der Waals surface area contributed by atoms with E-state index < -0.39 is 0 Å². The number of aromatic amines is 1. The van der Waals surface area contributed by atoms with Gasteiger partial charge in [0.1, 0.15) is 11.6 Å². The number of nitrogens with one attached hydrogen (secondary N) is 2. The number of hydrogen-bond acceptors (Lipinski definition) is 4. The number of aromatic nitrogens is 2. The van der Waals surface area contributed by atoms with Gasteiger partial charge in [0.2, 0.25) is 0 Å². The van der Waals surface area contributed by atoms with Gasteiger partial charge in [-0.25, -0.2) is 4.98 Å². The van der Waals surface area contributed by atoms with E-state index >= 15 is 0 Å². The summed E-state index contributed by atoms with van der Waals surface area (Å²) in [6.07, 6.45) is 0.750. The Kier molecular flexibility index (Phi) is 2.73. The third-order valence-electron chi connectivity index (χ3n) is 2.78. The van der Waals surface area contributed by atoms with Crippen LogP contribution in [-0.2, 0) is 6.42 Å². The maximum atomic E-state index is 11.4. The molecule has 5 nitrogen and oxygen atoms in total. The van der Waals surface area contributed by atoms with Gasteiger partial charge < -0.3 is 15.2 Å². The van der Waals surface area contributed by atoms with E-state index in [1.54, 1.807) is 6.07 Å². The summed E-state index contributed by atoms with van der Waals surface area (Å²) in [6.45, 7) is 3.91. The Hall–Kier alpha value is -1.36. The molecule has 1 saturated heterocycles. The summed E-state index contributed by atoms with van der Waals surface area (Å²) in [4.78, 5) is 20.5. The molecular formula is C10H16N4O. The third kappa shape index (κ3) is 2.02. The van der Waals surface area contributed by atoms with Gasteiger partial charge in [0, 0.05) is 32.6 Å². The van der Waals surface area contributed by atoms with Gasteiger partial charge >= 0.3 is 0 Å². The van der Waals surface area contributed by atoms with Crippen molar-refractivity contribution < 1.29 is 0 Å². The summed E-state index contributed by atoms with van der Waals surface area (Å²) >= 11 is 0. The van der Waals surface area contributed by atoms with Gasteiger partial charge in [0.15, 0.2) is 0 Å². The first kappa shape index (κ1) is 10.2. The van der Waals surface area contributed by atoms with E-state index in [0.29, 0.717) is 6.04 Å². The van der Waals surface area contributed by atoms with Crippen molar-refractivity contribution in [3.63, 3.8) is 0 Å². The van der Waals surface area contributed by atoms with Crippen LogP contribution >= 0.6 is 0 Å². The van der Waals surface area contributed by atoms with Gasteiger partial charge in [-0.05, 0) is 0 Å². The van der Waals surface area contributed by atoms with Crippen LogP contribution in [0.5, 0.6) is 0 Å². The first-order valence-corrected chi connectivity index (χ1v) is 5.24. The Balaban J connectivity index is 2.26. The van der Waals surface area contributed by atoms with E-state index in [2.05, 4.69) is 20.2 Å². The van der Waals surface area contributed by atoms with Gasteiger partial charge in [-0.1, -0.05) is 6.92 Å². The van der Waals surface area contributed by atoms with Crippen molar-refractivity contribution in [3.05, 3.63) is 22.2 Å². The molecular weight excluding hydrogens is 192 g/mol. The van der Waals surface area contributed by atoms with Crippen LogP contribution in [0.25, 0.3) is 0 Å². The maximum Gasteiger partial charge on any atom is 0.252 e. The van der Waals surface area contributed by atoms with Gasteiger partial charge in [-0.3, -0.25) is 4.79 Å². The summed E-state index contributed by atoms with van der Waals surface area (Å²) in [6, 6.07) is 2.02. The largest absolute Gasteiger partial charge is 0.354 e. The highest BCUT2D eigenvalue weighted by atomic mass is 16.1. The second-order valence-electron chi connectivity index (χ2n) is 3.83. The summed E-state index contributed by atoms with van der Waals surface area (Å²) in [7, 11) is 1.98. The van der Waals surface area contributed by atoms with Crippen molar-refractivity contribution in [2.45, 2.75) is 19.4 Å². The van der Waals surface area contributed by atoms with E-state index in [9.17, 15) is 4.79 Å². The molecule has 5 heteroatoms. The van der Waals surface area contributed by atoms with Crippen molar-refractivity contribution in [2.75, 3.05) is 25.0 Å². The molecule has 0 unspecified atom stereocenters. The van der Waals surface area contributed by atoms with E-state index in [1.807, 2.05) is 14.0 Å². The predicted molar refractivity (Wildman–Crippen MR) is 59.3 cm³/mol. The zero-order valence-electron chi connectivity index (χ0n) is 9.08. The van der Waals surface area contributed by atoms with Crippen LogP contribution in [0, 0.1) is 0 Å². The second kappa shape index (κ2) is 4.02. The molecule has 2 rings (SSSR count). The maximum absolute atomic E-state index is 11.4. The van der Waals surface area contributed by atoms with Crippen LogP contribution in [0.3, 0.4) is 0 Å².